The van der Waals surface area contributed by atoms with Gasteiger partial charge in [-0.15, -0.1) is 0 Å². The molecule has 2 saturated heterocycles. The van der Waals surface area contributed by atoms with Crippen LogP contribution in [-0.2, 0) is 4.57 Å². The van der Waals surface area contributed by atoms with Gasteiger partial charge in [-0.3, -0.25) is 4.90 Å². The van der Waals surface area contributed by atoms with E-state index in [1.54, 1.807) is 19.5 Å². The molecule has 2 fully saturated rings. The van der Waals surface area contributed by atoms with E-state index in [1.165, 1.54) is 39.0 Å². The zero-order chi connectivity index (χ0) is 30.6. The van der Waals surface area contributed by atoms with Crippen LogP contribution >= 0.6 is 18.7 Å². The lowest BCUT2D eigenvalue weighted by atomic mass is 10.0. The summed E-state index contributed by atoms with van der Waals surface area (Å²) >= 11 is 6.48. The summed E-state index contributed by atoms with van der Waals surface area (Å²) in [5.74, 6) is 1.56. The highest BCUT2D eigenvalue weighted by molar-refractivity contribution is 7.70. The summed E-state index contributed by atoms with van der Waals surface area (Å²) in [4.78, 5) is 16.8. The number of ether oxygens (including phenoxy) is 1. The molecule has 43 heavy (non-hydrogen) atoms. The number of piperidine rings is 1. The lowest BCUT2D eigenvalue weighted by Crippen LogP contribution is -2.53. The molecule has 3 aromatic rings. The number of para-hydroxylation sites is 1. The number of aromatic nitrogens is 2. The van der Waals surface area contributed by atoms with E-state index in [0.29, 0.717) is 28.5 Å². The first-order valence-electron chi connectivity index (χ1n) is 15.3. The van der Waals surface area contributed by atoms with Crippen molar-refractivity contribution >= 4 is 52.9 Å². The zero-order valence-electron chi connectivity index (χ0n) is 26.0. The summed E-state index contributed by atoms with van der Waals surface area (Å²) < 4.78 is 19.1. The van der Waals surface area contributed by atoms with Crippen LogP contribution in [0.1, 0.15) is 33.6 Å². The molecule has 5 rings (SSSR count). The van der Waals surface area contributed by atoms with Gasteiger partial charge in [0.2, 0.25) is 5.95 Å². The topological polar surface area (TPSA) is 85.9 Å². The first-order chi connectivity index (χ1) is 20.6. The van der Waals surface area contributed by atoms with Crippen molar-refractivity contribution in [2.45, 2.75) is 45.8 Å². The van der Waals surface area contributed by atoms with E-state index in [2.05, 4.69) is 54.4 Å². The SMILES string of the molecule is CCN1CCN(C2CCN(c3ccc(Nc4ncc(Cl)c(Nc5ccccc5P(C)(C)=O)n4)c(OC(C)C)c3)CC2)CC1. The molecular weight excluding hydrogens is 581 g/mol. The monoisotopic (exact) mass is 625 g/mol. The standard InChI is InChI=1S/C32H45ClN7O2P/c1-6-38-17-19-40(20-18-38)24-13-15-39(16-14-24)25-11-12-27(29(21-25)42-23(2)3)36-32-34-22-26(33)31(37-32)35-28-9-7-8-10-30(28)43(4,5)41/h7-12,21-24H,6,13-20H2,1-5H3,(H2,34,35,36,37). The highest BCUT2D eigenvalue weighted by Crippen LogP contribution is 2.39. The maximum absolute atomic E-state index is 12.9. The van der Waals surface area contributed by atoms with Crippen LogP contribution in [0.25, 0.3) is 0 Å². The summed E-state index contributed by atoms with van der Waals surface area (Å²) in [6, 6.07) is 14.5. The first kappa shape index (κ1) is 31.6. The lowest BCUT2D eigenvalue weighted by Gasteiger charge is -2.43. The predicted molar refractivity (Wildman–Crippen MR) is 180 cm³/mol. The molecule has 11 heteroatoms. The van der Waals surface area contributed by atoms with E-state index in [0.717, 1.165) is 42.1 Å². The molecule has 2 N–H and O–H groups in total. The van der Waals surface area contributed by atoms with E-state index < -0.39 is 7.14 Å². The molecule has 232 valence electrons. The number of hydrogen-bond acceptors (Lipinski definition) is 9. The third kappa shape index (κ3) is 8.01. The number of likely N-dealkylation sites (N-methyl/N-ethyl adjacent to an activating group) is 1. The van der Waals surface area contributed by atoms with Crippen LogP contribution in [-0.4, -0.2) is 91.1 Å². The van der Waals surface area contributed by atoms with Gasteiger partial charge in [0.15, 0.2) is 5.82 Å². The Balaban J connectivity index is 1.29. The maximum atomic E-state index is 12.9. The Morgan fingerprint density at radius 2 is 1.72 bits per heavy atom. The van der Waals surface area contributed by atoms with Gasteiger partial charge in [0.1, 0.15) is 17.9 Å². The molecule has 9 nitrogen and oxygen atoms in total. The molecule has 2 aromatic carbocycles. The molecule has 3 heterocycles. The summed E-state index contributed by atoms with van der Waals surface area (Å²) in [7, 11) is -2.52. The number of nitrogens with zero attached hydrogens (tertiary/aromatic N) is 5. The van der Waals surface area contributed by atoms with E-state index >= 15 is 0 Å². The minimum atomic E-state index is -2.52. The Bertz CT molecular complexity index is 1430. The molecule has 0 unspecified atom stereocenters. The Morgan fingerprint density at radius 1 is 1.00 bits per heavy atom. The van der Waals surface area contributed by atoms with Crippen LogP contribution in [0.4, 0.5) is 28.8 Å². The molecular formula is C32H45ClN7O2P. The van der Waals surface area contributed by atoms with Crippen molar-refractivity contribution in [3.63, 3.8) is 0 Å². The third-order valence-corrected chi connectivity index (χ3v) is 10.1. The van der Waals surface area contributed by atoms with Crippen molar-refractivity contribution in [2.75, 3.05) is 74.7 Å². The van der Waals surface area contributed by atoms with Crippen LogP contribution in [0.3, 0.4) is 0 Å². The molecule has 0 bridgehead atoms. The Labute approximate surface area is 261 Å². The fourth-order valence-electron chi connectivity index (χ4n) is 5.91. The summed E-state index contributed by atoms with van der Waals surface area (Å²) in [6.45, 7) is 17.7. The smallest absolute Gasteiger partial charge is 0.229 e. The van der Waals surface area contributed by atoms with Gasteiger partial charge in [0.05, 0.1) is 23.7 Å². The van der Waals surface area contributed by atoms with Crippen molar-refractivity contribution in [2.24, 2.45) is 0 Å². The van der Waals surface area contributed by atoms with Crippen LogP contribution in [0.5, 0.6) is 5.75 Å². The predicted octanol–water partition coefficient (Wildman–Crippen LogP) is 6.26. The maximum Gasteiger partial charge on any atom is 0.229 e. The van der Waals surface area contributed by atoms with E-state index in [1.807, 2.05) is 44.2 Å². The number of halogens is 1. The first-order valence-corrected chi connectivity index (χ1v) is 18.3. The summed E-state index contributed by atoms with van der Waals surface area (Å²) in [5, 5.41) is 7.71. The molecule has 0 radical (unpaired) electrons. The second-order valence-electron chi connectivity index (χ2n) is 12.0. The zero-order valence-corrected chi connectivity index (χ0v) is 27.7. The van der Waals surface area contributed by atoms with E-state index in [9.17, 15) is 4.57 Å². The van der Waals surface area contributed by atoms with Crippen LogP contribution < -0.4 is 25.6 Å². The molecule has 2 aliphatic heterocycles. The summed E-state index contributed by atoms with van der Waals surface area (Å²) in [5.41, 5.74) is 2.65. The van der Waals surface area contributed by atoms with Gasteiger partial charge in [0.25, 0.3) is 0 Å². The molecule has 1 aromatic heterocycles. The van der Waals surface area contributed by atoms with Gasteiger partial charge in [0, 0.05) is 62.4 Å². The number of hydrogen-bond donors (Lipinski definition) is 2. The van der Waals surface area contributed by atoms with Gasteiger partial charge >= 0.3 is 0 Å². The van der Waals surface area contributed by atoms with E-state index in [4.69, 9.17) is 16.3 Å². The second kappa shape index (κ2) is 13.9. The van der Waals surface area contributed by atoms with E-state index in [-0.39, 0.29) is 6.10 Å². The normalized spacial score (nSPS) is 17.3. The highest BCUT2D eigenvalue weighted by atomic mass is 35.5. The van der Waals surface area contributed by atoms with Gasteiger partial charge in [-0.05, 0) is 70.8 Å². The lowest BCUT2D eigenvalue weighted by molar-refractivity contribution is 0.0878. The largest absolute Gasteiger partial charge is 0.489 e. The van der Waals surface area contributed by atoms with Crippen molar-refractivity contribution < 1.29 is 9.30 Å². The Hall–Kier alpha value is -2.84. The fourth-order valence-corrected chi connectivity index (χ4v) is 7.20. The van der Waals surface area contributed by atoms with Crippen LogP contribution in [0.2, 0.25) is 5.02 Å². The van der Waals surface area contributed by atoms with Gasteiger partial charge in [-0.1, -0.05) is 30.7 Å². The fraction of sp³-hybridized carbons (Fsp3) is 0.500. The number of rotatable bonds is 10. The average Bonchev–Trinajstić information content (AvgIpc) is 2.99. The average molecular weight is 626 g/mol. The minimum Gasteiger partial charge on any atom is -0.489 e. The number of nitrogens with one attached hydrogen (secondary N) is 2. The molecule has 0 spiro atoms. The molecule has 0 amide bonds. The number of benzene rings is 2. The number of piperazine rings is 1. The summed E-state index contributed by atoms with van der Waals surface area (Å²) in [6.07, 6.45) is 3.91. The van der Waals surface area contributed by atoms with Crippen LogP contribution in [0.15, 0.2) is 48.7 Å². The molecule has 0 saturated carbocycles. The molecule has 0 atom stereocenters. The number of anilines is 5. The molecule has 0 aliphatic carbocycles. The van der Waals surface area contributed by atoms with Gasteiger partial charge in [-0.2, -0.15) is 4.98 Å². The van der Waals surface area contributed by atoms with Gasteiger partial charge < -0.3 is 29.7 Å². The molecule has 2 aliphatic rings. The van der Waals surface area contributed by atoms with Crippen molar-refractivity contribution in [1.82, 2.24) is 19.8 Å². The van der Waals surface area contributed by atoms with Crippen molar-refractivity contribution in [3.8, 4) is 5.75 Å². The minimum absolute atomic E-state index is 0.00182. The van der Waals surface area contributed by atoms with Crippen LogP contribution in [0, 0.1) is 0 Å². The quantitative estimate of drug-likeness (QED) is 0.254. The van der Waals surface area contributed by atoms with Crippen molar-refractivity contribution in [3.05, 3.63) is 53.7 Å². The Morgan fingerprint density at radius 3 is 2.40 bits per heavy atom. The van der Waals surface area contributed by atoms with Crippen molar-refractivity contribution in [1.29, 1.82) is 0 Å². The van der Waals surface area contributed by atoms with Gasteiger partial charge in [-0.25, -0.2) is 4.98 Å². The second-order valence-corrected chi connectivity index (χ2v) is 15.6. The highest BCUT2D eigenvalue weighted by Gasteiger charge is 2.27. The third-order valence-electron chi connectivity index (χ3n) is 8.26. The Kier molecular flexibility index (Phi) is 10.2.